The summed E-state index contributed by atoms with van der Waals surface area (Å²) >= 11 is 0. The summed E-state index contributed by atoms with van der Waals surface area (Å²) in [6.45, 7) is 8.20. The number of carbonyl (C=O) groups is 1. The quantitative estimate of drug-likeness (QED) is 0.789. The number of hydrogen-bond donors (Lipinski definition) is 3. The smallest absolute Gasteiger partial charge is 0.316 e. The maximum absolute atomic E-state index is 10.8. The minimum absolute atomic E-state index is 0.553. The summed E-state index contributed by atoms with van der Waals surface area (Å²) in [6.07, 6.45) is 0. The van der Waals surface area contributed by atoms with E-state index in [1.54, 1.807) is 0 Å². The standard InChI is InChI=1S/C16H22N4O/c1-4-20-11(2)9-13(12(20)3)10-18-14-5-7-15(8-6-14)19-16(17)21/h5-9,18H,4,10H2,1-3H3,(H3,17,19,21). The van der Waals surface area contributed by atoms with Crippen molar-refractivity contribution in [3.05, 3.63) is 47.3 Å². The molecule has 0 bridgehead atoms. The second-order valence-electron chi connectivity index (χ2n) is 5.06. The molecule has 2 rings (SSSR count). The fourth-order valence-corrected chi connectivity index (χ4v) is 2.55. The van der Waals surface area contributed by atoms with Gasteiger partial charge in [0.2, 0.25) is 0 Å². The number of benzene rings is 1. The third kappa shape index (κ3) is 3.56. The lowest BCUT2D eigenvalue weighted by Gasteiger charge is -2.09. The number of nitrogens with two attached hydrogens (primary N) is 1. The lowest BCUT2D eigenvalue weighted by molar-refractivity contribution is 0.259. The van der Waals surface area contributed by atoms with Crippen LogP contribution < -0.4 is 16.4 Å². The summed E-state index contributed by atoms with van der Waals surface area (Å²) in [5.41, 5.74) is 10.7. The van der Waals surface area contributed by atoms with Crippen LogP contribution in [0.15, 0.2) is 30.3 Å². The van der Waals surface area contributed by atoms with Crippen molar-refractivity contribution in [2.75, 3.05) is 10.6 Å². The van der Waals surface area contributed by atoms with Crippen LogP contribution in [-0.2, 0) is 13.1 Å². The van der Waals surface area contributed by atoms with E-state index in [0.717, 1.165) is 18.8 Å². The average Bonchev–Trinajstić information content (AvgIpc) is 2.71. The molecule has 5 nitrogen and oxygen atoms in total. The lowest BCUT2D eigenvalue weighted by atomic mass is 10.2. The van der Waals surface area contributed by atoms with Gasteiger partial charge in [-0.25, -0.2) is 4.79 Å². The Morgan fingerprint density at radius 1 is 1.19 bits per heavy atom. The number of amides is 2. The van der Waals surface area contributed by atoms with Gasteiger partial charge in [-0.2, -0.15) is 0 Å². The molecule has 0 unspecified atom stereocenters. The minimum Gasteiger partial charge on any atom is -0.381 e. The fourth-order valence-electron chi connectivity index (χ4n) is 2.55. The van der Waals surface area contributed by atoms with Crippen molar-refractivity contribution < 1.29 is 4.79 Å². The highest BCUT2D eigenvalue weighted by atomic mass is 16.2. The van der Waals surface area contributed by atoms with E-state index in [0.29, 0.717) is 5.69 Å². The van der Waals surface area contributed by atoms with E-state index < -0.39 is 6.03 Å². The van der Waals surface area contributed by atoms with Crippen LogP contribution in [0.1, 0.15) is 23.9 Å². The first kappa shape index (κ1) is 15.0. The van der Waals surface area contributed by atoms with Crippen LogP contribution in [0.4, 0.5) is 16.2 Å². The van der Waals surface area contributed by atoms with E-state index in [2.05, 4.69) is 42.0 Å². The summed E-state index contributed by atoms with van der Waals surface area (Å²) in [5, 5.41) is 5.93. The second-order valence-corrected chi connectivity index (χ2v) is 5.06. The Kier molecular flexibility index (Phi) is 4.52. The van der Waals surface area contributed by atoms with Gasteiger partial charge in [-0.15, -0.1) is 0 Å². The Bertz CT molecular complexity index is 628. The molecule has 0 saturated heterocycles. The van der Waals surface area contributed by atoms with E-state index in [1.807, 2.05) is 24.3 Å². The Balaban J connectivity index is 2.01. The Hall–Kier alpha value is -2.43. The molecule has 0 aliphatic rings. The van der Waals surface area contributed by atoms with Gasteiger partial charge in [0.25, 0.3) is 0 Å². The zero-order chi connectivity index (χ0) is 15.4. The van der Waals surface area contributed by atoms with Gasteiger partial charge in [-0.3, -0.25) is 0 Å². The van der Waals surface area contributed by atoms with Gasteiger partial charge in [0.15, 0.2) is 0 Å². The maximum Gasteiger partial charge on any atom is 0.316 e. The molecule has 0 fully saturated rings. The molecule has 0 atom stereocenters. The van der Waals surface area contributed by atoms with Crippen LogP contribution in [0, 0.1) is 13.8 Å². The molecule has 1 heterocycles. The minimum atomic E-state index is -0.553. The number of nitrogens with zero attached hydrogens (tertiary/aromatic N) is 1. The molecule has 5 heteroatoms. The third-order valence-corrected chi connectivity index (χ3v) is 3.63. The summed E-state index contributed by atoms with van der Waals surface area (Å²) in [4.78, 5) is 10.8. The largest absolute Gasteiger partial charge is 0.381 e. The number of primary amides is 1. The van der Waals surface area contributed by atoms with Crippen molar-refractivity contribution in [3.8, 4) is 0 Å². The third-order valence-electron chi connectivity index (χ3n) is 3.63. The van der Waals surface area contributed by atoms with Gasteiger partial charge in [-0.1, -0.05) is 0 Å². The SMILES string of the molecule is CCn1c(C)cc(CNc2ccc(NC(N)=O)cc2)c1C. The molecule has 2 amide bonds. The number of nitrogens with one attached hydrogen (secondary N) is 2. The zero-order valence-electron chi connectivity index (χ0n) is 12.7. The van der Waals surface area contributed by atoms with Crippen molar-refractivity contribution in [2.45, 2.75) is 33.9 Å². The maximum atomic E-state index is 10.8. The van der Waals surface area contributed by atoms with Crippen LogP contribution >= 0.6 is 0 Å². The van der Waals surface area contributed by atoms with Crippen molar-refractivity contribution in [2.24, 2.45) is 5.73 Å². The number of hydrogen-bond acceptors (Lipinski definition) is 2. The van der Waals surface area contributed by atoms with Crippen molar-refractivity contribution >= 4 is 17.4 Å². The Labute approximate surface area is 125 Å². The van der Waals surface area contributed by atoms with Crippen LogP contribution in [0.2, 0.25) is 0 Å². The molecular formula is C16H22N4O. The van der Waals surface area contributed by atoms with E-state index in [4.69, 9.17) is 5.73 Å². The number of rotatable bonds is 5. The molecule has 21 heavy (non-hydrogen) atoms. The van der Waals surface area contributed by atoms with Gasteiger partial charge in [0.1, 0.15) is 0 Å². The average molecular weight is 286 g/mol. The molecule has 1 aromatic carbocycles. The summed E-state index contributed by atoms with van der Waals surface area (Å²) in [5.74, 6) is 0. The summed E-state index contributed by atoms with van der Waals surface area (Å²) < 4.78 is 2.30. The molecule has 0 aliphatic carbocycles. The number of urea groups is 1. The van der Waals surface area contributed by atoms with Crippen molar-refractivity contribution in [1.82, 2.24) is 4.57 Å². The predicted octanol–water partition coefficient (Wildman–Crippen LogP) is 3.23. The monoisotopic (exact) mass is 286 g/mol. The molecule has 1 aromatic heterocycles. The molecule has 0 spiro atoms. The molecule has 0 aliphatic heterocycles. The first-order valence-electron chi connectivity index (χ1n) is 7.07. The van der Waals surface area contributed by atoms with Crippen LogP contribution in [0.25, 0.3) is 0 Å². The van der Waals surface area contributed by atoms with Crippen LogP contribution in [0.5, 0.6) is 0 Å². The van der Waals surface area contributed by atoms with E-state index in [1.165, 1.54) is 17.0 Å². The molecule has 2 aromatic rings. The van der Waals surface area contributed by atoms with E-state index in [-0.39, 0.29) is 0 Å². The first-order valence-corrected chi connectivity index (χ1v) is 7.07. The number of aromatic nitrogens is 1. The van der Waals surface area contributed by atoms with Gasteiger partial charge >= 0.3 is 6.03 Å². The van der Waals surface area contributed by atoms with Crippen LogP contribution in [0.3, 0.4) is 0 Å². The predicted molar refractivity (Wildman–Crippen MR) is 86.6 cm³/mol. The van der Waals surface area contributed by atoms with Gasteiger partial charge in [0, 0.05) is 35.9 Å². The Morgan fingerprint density at radius 3 is 2.33 bits per heavy atom. The molecule has 112 valence electrons. The number of aryl methyl sites for hydroxylation is 1. The van der Waals surface area contributed by atoms with E-state index >= 15 is 0 Å². The number of carbonyl (C=O) groups excluding carboxylic acids is 1. The summed E-state index contributed by atoms with van der Waals surface area (Å²) in [7, 11) is 0. The Morgan fingerprint density at radius 2 is 1.81 bits per heavy atom. The molecule has 0 radical (unpaired) electrons. The van der Waals surface area contributed by atoms with Gasteiger partial charge in [0.05, 0.1) is 0 Å². The normalized spacial score (nSPS) is 10.4. The van der Waals surface area contributed by atoms with Gasteiger partial charge in [-0.05, 0) is 56.7 Å². The van der Waals surface area contributed by atoms with Gasteiger partial charge < -0.3 is 20.9 Å². The topological polar surface area (TPSA) is 72.1 Å². The first-order chi connectivity index (χ1) is 10.0. The second kappa shape index (κ2) is 6.35. The fraction of sp³-hybridized carbons (Fsp3) is 0.312. The van der Waals surface area contributed by atoms with E-state index in [9.17, 15) is 4.79 Å². The molecule has 4 N–H and O–H groups in total. The lowest BCUT2D eigenvalue weighted by Crippen LogP contribution is -2.19. The highest BCUT2D eigenvalue weighted by Crippen LogP contribution is 2.18. The van der Waals surface area contributed by atoms with Crippen LogP contribution in [-0.4, -0.2) is 10.6 Å². The highest BCUT2D eigenvalue weighted by Gasteiger charge is 2.07. The van der Waals surface area contributed by atoms with Crippen molar-refractivity contribution in [3.63, 3.8) is 0 Å². The zero-order valence-corrected chi connectivity index (χ0v) is 12.7. The summed E-state index contributed by atoms with van der Waals surface area (Å²) in [6, 6.07) is 9.15. The van der Waals surface area contributed by atoms with Crippen molar-refractivity contribution in [1.29, 1.82) is 0 Å². The highest BCUT2D eigenvalue weighted by molar-refractivity contribution is 5.87. The molecule has 0 saturated carbocycles. The number of anilines is 2. The molecular weight excluding hydrogens is 264 g/mol.